The Kier molecular flexibility index (Phi) is 6.82. The van der Waals surface area contributed by atoms with Crippen LogP contribution in [0.3, 0.4) is 0 Å². The van der Waals surface area contributed by atoms with Gasteiger partial charge >= 0.3 is 0 Å². The fourth-order valence-corrected chi connectivity index (χ4v) is 4.49. The van der Waals surface area contributed by atoms with Crippen molar-refractivity contribution in [2.75, 3.05) is 31.2 Å². The maximum atomic E-state index is 5.44. The van der Waals surface area contributed by atoms with Gasteiger partial charge in [-0.05, 0) is 43.7 Å². The first-order valence-electron chi connectivity index (χ1n) is 10.1. The second-order valence-electron chi connectivity index (χ2n) is 7.38. The van der Waals surface area contributed by atoms with Crippen LogP contribution in [0.4, 0.5) is 5.69 Å². The summed E-state index contributed by atoms with van der Waals surface area (Å²) in [5.74, 6) is 0. The van der Waals surface area contributed by atoms with E-state index >= 15 is 0 Å². The molecule has 0 amide bonds. The maximum Gasteiger partial charge on any atom is 0.206 e. The van der Waals surface area contributed by atoms with E-state index in [0.29, 0.717) is 0 Å². The lowest BCUT2D eigenvalue weighted by molar-refractivity contribution is 0.122. The fourth-order valence-electron chi connectivity index (χ4n) is 3.26. The van der Waals surface area contributed by atoms with Gasteiger partial charge in [0.25, 0.3) is 0 Å². The number of hydrogen-bond acceptors (Lipinski definition) is 5. The van der Waals surface area contributed by atoms with E-state index in [1.54, 1.807) is 11.3 Å². The van der Waals surface area contributed by atoms with Crippen molar-refractivity contribution in [2.24, 2.45) is 10.1 Å². The van der Waals surface area contributed by atoms with E-state index < -0.39 is 0 Å². The van der Waals surface area contributed by atoms with Gasteiger partial charge in [0.15, 0.2) is 0 Å². The molecule has 30 heavy (non-hydrogen) atoms. The highest BCUT2D eigenvalue weighted by atomic mass is 79.9. The molecule has 3 aromatic rings. The van der Waals surface area contributed by atoms with Crippen molar-refractivity contribution < 1.29 is 4.74 Å². The Labute approximate surface area is 189 Å². The molecule has 1 fully saturated rings. The van der Waals surface area contributed by atoms with Gasteiger partial charge in [-0.25, -0.2) is 4.68 Å². The average molecular weight is 485 g/mol. The van der Waals surface area contributed by atoms with E-state index in [4.69, 9.17) is 14.8 Å². The molecule has 0 saturated carbocycles. The van der Waals surface area contributed by atoms with Crippen molar-refractivity contribution in [1.82, 2.24) is 4.68 Å². The molecule has 2 aromatic carbocycles. The van der Waals surface area contributed by atoms with Crippen LogP contribution in [0.25, 0.3) is 11.3 Å². The van der Waals surface area contributed by atoms with Crippen LogP contribution in [0.1, 0.15) is 19.4 Å². The van der Waals surface area contributed by atoms with E-state index in [0.717, 1.165) is 52.4 Å². The summed E-state index contributed by atoms with van der Waals surface area (Å²) in [7, 11) is 0. The van der Waals surface area contributed by atoms with Crippen LogP contribution >= 0.6 is 27.3 Å². The lowest BCUT2D eigenvalue weighted by Crippen LogP contribution is -2.36. The molecule has 1 saturated heterocycles. The highest BCUT2D eigenvalue weighted by Crippen LogP contribution is 2.23. The quantitative estimate of drug-likeness (QED) is 0.477. The van der Waals surface area contributed by atoms with Gasteiger partial charge in [-0.15, -0.1) is 11.3 Å². The number of halogens is 1. The highest BCUT2D eigenvalue weighted by Gasteiger charge is 2.11. The second-order valence-corrected chi connectivity index (χ2v) is 9.13. The van der Waals surface area contributed by atoms with Gasteiger partial charge in [-0.1, -0.05) is 40.2 Å². The number of hydrogen-bond donors (Lipinski definition) is 0. The van der Waals surface area contributed by atoms with Crippen LogP contribution in [0.5, 0.6) is 0 Å². The van der Waals surface area contributed by atoms with Crippen molar-refractivity contribution in [2.45, 2.75) is 19.9 Å². The molecule has 1 aliphatic heterocycles. The van der Waals surface area contributed by atoms with E-state index in [2.05, 4.69) is 76.5 Å². The normalized spacial score (nSPS) is 15.5. The van der Waals surface area contributed by atoms with Gasteiger partial charge in [0, 0.05) is 40.2 Å². The monoisotopic (exact) mass is 484 g/mol. The highest BCUT2D eigenvalue weighted by molar-refractivity contribution is 9.10. The van der Waals surface area contributed by atoms with Gasteiger partial charge in [-0.2, -0.15) is 5.10 Å². The van der Waals surface area contributed by atoms with Crippen LogP contribution in [0, 0.1) is 0 Å². The van der Waals surface area contributed by atoms with E-state index in [-0.39, 0.29) is 6.04 Å². The first-order valence-corrected chi connectivity index (χ1v) is 11.7. The minimum Gasteiger partial charge on any atom is -0.378 e. The minimum atomic E-state index is 0.204. The molecule has 0 spiro atoms. The third kappa shape index (κ3) is 5.09. The lowest BCUT2D eigenvalue weighted by atomic mass is 10.2. The van der Waals surface area contributed by atoms with E-state index in [1.165, 1.54) is 5.69 Å². The standard InChI is InChI=1S/C23H25BrN4OS/c1-17(2)26-23-28(22(16-30-23)19-5-7-20(24)8-6-19)25-15-18-3-9-21(10-4-18)27-11-13-29-14-12-27/h3-10,15-17H,11-14H2,1-2H3. The molecule has 156 valence electrons. The topological polar surface area (TPSA) is 42.1 Å². The van der Waals surface area contributed by atoms with Crippen molar-refractivity contribution in [3.05, 3.63) is 68.7 Å². The number of thiazole rings is 1. The van der Waals surface area contributed by atoms with E-state index in [9.17, 15) is 0 Å². The fraction of sp³-hybridized carbons (Fsp3) is 0.304. The zero-order chi connectivity index (χ0) is 20.9. The van der Waals surface area contributed by atoms with Crippen LogP contribution in [0.2, 0.25) is 0 Å². The molecular weight excluding hydrogens is 460 g/mol. The van der Waals surface area contributed by atoms with Crippen LogP contribution in [0.15, 0.2) is 68.5 Å². The summed E-state index contributed by atoms with van der Waals surface area (Å²) in [5.41, 5.74) is 4.43. The summed E-state index contributed by atoms with van der Waals surface area (Å²) in [4.78, 5) is 7.99. The number of anilines is 1. The predicted molar refractivity (Wildman–Crippen MR) is 129 cm³/mol. The second kappa shape index (κ2) is 9.73. The molecule has 0 radical (unpaired) electrons. The number of benzene rings is 2. The molecular formula is C23H25BrN4OS. The zero-order valence-corrected chi connectivity index (χ0v) is 19.6. The van der Waals surface area contributed by atoms with Crippen molar-refractivity contribution in [1.29, 1.82) is 0 Å². The Hall–Kier alpha value is -2.22. The Bertz CT molecular complexity index is 1060. The molecule has 4 rings (SSSR count). The number of rotatable bonds is 5. The molecule has 7 heteroatoms. The van der Waals surface area contributed by atoms with Crippen LogP contribution < -0.4 is 9.70 Å². The molecule has 0 atom stereocenters. The van der Waals surface area contributed by atoms with Crippen molar-refractivity contribution in [3.63, 3.8) is 0 Å². The molecule has 0 unspecified atom stereocenters. The first-order chi connectivity index (χ1) is 14.6. The van der Waals surface area contributed by atoms with Gasteiger partial charge < -0.3 is 9.64 Å². The first kappa shape index (κ1) is 21.0. The molecule has 0 N–H and O–H groups in total. The largest absolute Gasteiger partial charge is 0.378 e. The summed E-state index contributed by atoms with van der Waals surface area (Å²) in [6.07, 6.45) is 1.90. The van der Waals surface area contributed by atoms with Crippen LogP contribution in [-0.4, -0.2) is 43.2 Å². The number of ether oxygens (including phenoxy) is 1. The number of morpholine rings is 1. The van der Waals surface area contributed by atoms with Gasteiger partial charge in [0.2, 0.25) is 4.80 Å². The average Bonchev–Trinajstić information content (AvgIpc) is 3.15. The predicted octanol–water partition coefficient (Wildman–Crippen LogP) is 5.01. The smallest absolute Gasteiger partial charge is 0.206 e. The zero-order valence-electron chi connectivity index (χ0n) is 17.2. The van der Waals surface area contributed by atoms with Crippen molar-refractivity contribution >= 4 is 39.2 Å². The molecule has 5 nitrogen and oxygen atoms in total. The Morgan fingerprint density at radius 1 is 1.03 bits per heavy atom. The summed E-state index contributed by atoms with van der Waals surface area (Å²) >= 11 is 5.12. The number of aromatic nitrogens is 1. The Morgan fingerprint density at radius 3 is 2.40 bits per heavy atom. The third-order valence-corrected chi connectivity index (χ3v) is 6.14. The van der Waals surface area contributed by atoms with Gasteiger partial charge in [-0.3, -0.25) is 4.99 Å². The molecule has 1 aromatic heterocycles. The SMILES string of the molecule is CC(C)N=c1scc(-c2ccc(Br)cc2)n1N=Cc1ccc(N2CCOCC2)cc1. The van der Waals surface area contributed by atoms with Crippen LogP contribution in [-0.2, 0) is 4.74 Å². The summed E-state index contributed by atoms with van der Waals surface area (Å²) < 4.78 is 8.43. The van der Waals surface area contributed by atoms with Gasteiger partial charge in [0.1, 0.15) is 0 Å². The lowest BCUT2D eigenvalue weighted by Gasteiger charge is -2.28. The Balaban J connectivity index is 1.63. The number of nitrogens with zero attached hydrogens (tertiary/aromatic N) is 4. The summed E-state index contributed by atoms with van der Waals surface area (Å²) in [6.45, 7) is 7.62. The summed E-state index contributed by atoms with van der Waals surface area (Å²) in [6, 6.07) is 17.0. The van der Waals surface area contributed by atoms with Gasteiger partial charge in [0.05, 0.1) is 25.1 Å². The third-order valence-electron chi connectivity index (χ3n) is 4.79. The summed E-state index contributed by atoms with van der Waals surface area (Å²) in [5, 5.41) is 6.91. The molecule has 1 aliphatic rings. The molecule has 0 bridgehead atoms. The maximum absolute atomic E-state index is 5.44. The van der Waals surface area contributed by atoms with E-state index in [1.807, 2.05) is 23.0 Å². The minimum absolute atomic E-state index is 0.204. The molecule has 0 aliphatic carbocycles. The Morgan fingerprint density at radius 2 is 1.73 bits per heavy atom. The molecule has 2 heterocycles. The van der Waals surface area contributed by atoms with Crippen molar-refractivity contribution in [3.8, 4) is 11.3 Å².